The number of alkyl halides is 3. The van der Waals surface area contributed by atoms with Gasteiger partial charge in [-0.3, -0.25) is 0 Å². The number of halogens is 3. The van der Waals surface area contributed by atoms with Gasteiger partial charge in [0.25, 0.3) is 0 Å². The highest BCUT2D eigenvalue weighted by Gasteiger charge is 2.31. The van der Waals surface area contributed by atoms with Crippen LogP contribution < -0.4 is 0 Å². The van der Waals surface area contributed by atoms with E-state index in [9.17, 15) is 13.2 Å². The van der Waals surface area contributed by atoms with E-state index >= 15 is 0 Å². The van der Waals surface area contributed by atoms with E-state index in [0.29, 0.717) is 11.1 Å². The highest BCUT2D eigenvalue weighted by atomic mass is 32.1. The molecule has 2 rings (SSSR count). The summed E-state index contributed by atoms with van der Waals surface area (Å²) in [5.74, 6) is 0. The third kappa shape index (κ3) is 2.48. The van der Waals surface area contributed by atoms with Crippen LogP contribution >= 0.6 is 11.3 Å². The fraction of sp³-hybridized carbons (Fsp3) is 0.0833. The lowest BCUT2D eigenvalue weighted by Gasteiger charge is -2.09. The SMILES string of the molecule is N#Cc1cc(-c2ccsc2)cc(C(F)(F)F)c1. The maximum Gasteiger partial charge on any atom is 0.416 e. The van der Waals surface area contributed by atoms with Gasteiger partial charge in [-0.1, -0.05) is 0 Å². The van der Waals surface area contributed by atoms with Gasteiger partial charge < -0.3 is 0 Å². The normalized spacial score (nSPS) is 11.2. The molecule has 1 aromatic carbocycles. The maximum atomic E-state index is 12.6. The number of benzene rings is 1. The van der Waals surface area contributed by atoms with E-state index < -0.39 is 11.7 Å². The highest BCUT2D eigenvalue weighted by Crippen LogP contribution is 2.33. The molecule has 0 aliphatic carbocycles. The van der Waals surface area contributed by atoms with E-state index in [1.807, 2.05) is 0 Å². The fourth-order valence-corrected chi connectivity index (χ4v) is 2.12. The molecule has 0 atom stereocenters. The van der Waals surface area contributed by atoms with Crippen molar-refractivity contribution in [3.63, 3.8) is 0 Å². The van der Waals surface area contributed by atoms with E-state index in [1.54, 1.807) is 22.9 Å². The molecule has 1 heterocycles. The summed E-state index contributed by atoms with van der Waals surface area (Å²) in [6.45, 7) is 0. The summed E-state index contributed by atoms with van der Waals surface area (Å²) in [6.07, 6.45) is -4.43. The molecule has 0 radical (unpaired) electrons. The van der Waals surface area contributed by atoms with Crippen LogP contribution in [0, 0.1) is 11.3 Å². The predicted molar refractivity (Wildman–Crippen MR) is 59.5 cm³/mol. The average molecular weight is 253 g/mol. The van der Waals surface area contributed by atoms with Crippen molar-refractivity contribution in [1.29, 1.82) is 5.26 Å². The lowest BCUT2D eigenvalue weighted by molar-refractivity contribution is -0.137. The van der Waals surface area contributed by atoms with E-state index in [4.69, 9.17) is 5.26 Å². The Balaban J connectivity index is 2.59. The molecule has 0 aliphatic heterocycles. The van der Waals surface area contributed by atoms with Crippen molar-refractivity contribution in [2.45, 2.75) is 6.18 Å². The summed E-state index contributed by atoms with van der Waals surface area (Å²) in [6, 6.07) is 6.84. The Morgan fingerprint density at radius 1 is 1.12 bits per heavy atom. The number of thiophene rings is 1. The predicted octanol–water partition coefficient (Wildman–Crippen LogP) is 4.31. The number of hydrogen-bond donors (Lipinski definition) is 0. The van der Waals surface area contributed by atoms with Gasteiger partial charge in [-0.05, 0) is 46.2 Å². The Kier molecular flexibility index (Phi) is 2.90. The van der Waals surface area contributed by atoms with E-state index in [0.717, 1.165) is 12.1 Å². The first kappa shape index (κ1) is 11.7. The summed E-state index contributed by atoms with van der Waals surface area (Å²) >= 11 is 1.40. The van der Waals surface area contributed by atoms with Crippen molar-refractivity contribution < 1.29 is 13.2 Å². The molecule has 0 unspecified atom stereocenters. The molecule has 17 heavy (non-hydrogen) atoms. The second-order valence-electron chi connectivity index (χ2n) is 3.42. The minimum Gasteiger partial charge on any atom is -0.192 e. The quantitative estimate of drug-likeness (QED) is 0.743. The molecule has 0 bridgehead atoms. The summed E-state index contributed by atoms with van der Waals surface area (Å²) in [7, 11) is 0. The average Bonchev–Trinajstić information content (AvgIpc) is 2.80. The molecule has 0 amide bonds. The van der Waals surface area contributed by atoms with Crippen LogP contribution in [0.4, 0.5) is 13.2 Å². The van der Waals surface area contributed by atoms with Crippen molar-refractivity contribution in [1.82, 2.24) is 0 Å². The van der Waals surface area contributed by atoms with Crippen LogP contribution in [-0.2, 0) is 6.18 Å². The molecule has 0 saturated heterocycles. The smallest absolute Gasteiger partial charge is 0.192 e. The Morgan fingerprint density at radius 3 is 2.41 bits per heavy atom. The number of nitriles is 1. The third-order valence-corrected chi connectivity index (χ3v) is 2.93. The second kappa shape index (κ2) is 4.22. The lowest BCUT2D eigenvalue weighted by atomic mass is 10.0. The van der Waals surface area contributed by atoms with Gasteiger partial charge in [0, 0.05) is 0 Å². The Morgan fingerprint density at radius 2 is 1.88 bits per heavy atom. The van der Waals surface area contributed by atoms with E-state index in [-0.39, 0.29) is 5.56 Å². The Hall–Kier alpha value is -1.80. The van der Waals surface area contributed by atoms with Crippen LogP contribution in [0.1, 0.15) is 11.1 Å². The molecular formula is C12H6F3NS. The third-order valence-electron chi connectivity index (χ3n) is 2.24. The van der Waals surface area contributed by atoms with Gasteiger partial charge in [0.05, 0.1) is 17.2 Å². The topological polar surface area (TPSA) is 23.8 Å². The monoisotopic (exact) mass is 253 g/mol. The molecule has 1 aromatic heterocycles. The van der Waals surface area contributed by atoms with E-state index in [2.05, 4.69) is 0 Å². The van der Waals surface area contributed by atoms with Crippen LogP contribution in [-0.4, -0.2) is 0 Å². The van der Waals surface area contributed by atoms with Crippen LogP contribution in [0.5, 0.6) is 0 Å². The van der Waals surface area contributed by atoms with Crippen LogP contribution in [0.2, 0.25) is 0 Å². The molecule has 2 aromatic rings. The summed E-state index contributed by atoms with van der Waals surface area (Å²) in [5.41, 5.74) is 0.328. The summed E-state index contributed by atoms with van der Waals surface area (Å²) < 4.78 is 37.9. The lowest BCUT2D eigenvalue weighted by Crippen LogP contribution is -2.05. The highest BCUT2D eigenvalue weighted by molar-refractivity contribution is 7.08. The first-order valence-corrected chi connectivity index (χ1v) is 5.60. The van der Waals surface area contributed by atoms with Crippen molar-refractivity contribution in [3.8, 4) is 17.2 Å². The molecule has 5 heteroatoms. The van der Waals surface area contributed by atoms with Gasteiger partial charge in [-0.25, -0.2) is 0 Å². The molecule has 0 fully saturated rings. The van der Waals surface area contributed by atoms with Crippen LogP contribution in [0.25, 0.3) is 11.1 Å². The number of rotatable bonds is 1. The van der Waals surface area contributed by atoms with E-state index in [1.165, 1.54) is 17.4 Å². The molecule has 0 spiro atoms. The molecule has 0 aliphatic rings. The number of hydrogen-bond acceptors (Lipinski definition) is 2. The zero-order valence-electron chi connectivity index (χ0n) is 8.45. The zero-order chi connectivity index (χ0) is 12.5. The standard InChI is InChI=1S/C12H6F3NS/c13-12(14,15)11-4-8(6-16)3-10(5-11)9-1-2-17-7-9/h1-5,7H. The van der Waals surface area contributed by atoms with Gasteiger partial charge in [-0.15, -0.1) is 0 Å². The zero-order valence-corrected chi connectivity index (χ0v) is 9.27. The molecule has 0 saturated carbocycles. The van der Waals surface area contributed by atoms with Crippen LogP contribution in [0.3, 0.4) is 0 Å². The van der Waals surface area contributed by atoms with Gasteiger partial charge in [0.1, 0.15) is 0 Å². The first-order chi connectivity index (χ1) is 8.00. The minimum atomic E-state index is -4.43. The maximum absolute atomic E-state index is 12.6. The van der Waals surface area contributed by atoms with Gasteiger partial charge in [-0.2, -0.15) is 29.8 Å². The summed E-state index contributed by atoms with van der Waals surface area (Å²) in [4.78, 5) is 0. The molecule has 1 nitrogen and oxygen atoms in total. The fourth-order valence-electron chi connectivity index (χ4n) is 1.45. The largest absolute Gasteiger partial charge is 0.416 e. The molecule has 86 valence electrons. The van der Waals surface area contributed by atoms with Gasteiger partial charge in [0.15, 0.2) is 0 Å². The van der Waals surface area contributed by atoms with Crippen molar-refractivity contribution in [3.05, 3.63) is 46.2 Å². The van der Waals surface area contributed by atoms with Gasteiger partial charge in [0.2, 0.25) is 0 Å². The first-order valence-electron chi connectivity index (χ1n) is 4.65. The number of nitrogens with zero attached hydrogens (tertiary/aromatic N) is 1. The Bertz CT molecular complexity index is 564. The molecular weight excluding hydrogens is 247 g/mol. The van der Waals surface area contributed by atoms with Crippen molar-refractivity contribution >= 4 is 11.3 Å². The van der Waals surface area contributed by atoms with Gasteiger partial charge >= 0.3 is 6.18 Å². The molecule has 0 N–H and O–H groups in total. The van der Waals surface area contributed by atoms with Crippen LogP contribution in [0.15, 0.2) is 35.0 Å². The van der Waals surface area contributed by atoms with Crippen molar-refractivity contribution in [2.24, 2.45) is 0 Å². The van der Waals surface area contributed by atoms with Crippen molar-refractivity contribution in [2.75, 3.05) is 0 Å². The minimum absolute atomic E-state index is 0.0148. The summed E-state index contributed by atoms with van der Waals surface area (Å²) in [5, 5.41) is 12.3. The Labute approximate surface area is 99.7 Å². The second-order valence-corrected chi connectivity index (χ2v) is 4.20.